The summed E-state index contributed by atoms with van der Waals surface area (Å²) in [5.74, 6) is 0. The number of rotatable bonds is 4. The minimum Gasteiger partial charge on any atom is -0.456 e. The van der Waals surface area contributed by atoms with Gasteiger partial charge in [0.05, 0.1) is 0 Å². The topological polar surface area (TPSA) is 13.1 Å². The van der Waals surface area contributed by atoms with E-state index in [9.17, 15) is 0 Å². The van der Waals surface area contributed by atoms with Gasteiger partial charge >= 0.3 is 0 Å². The molecule has 75 heavy (non-hydrogen) atoms. The van der Waals surface area contributed by atoms with Crippen LogP contribution in [0, 0.1) is 0 Å². The van der Waals surface area contributed by atoms with Gasteiger partial charge in [0.2, 0.25) is 0 Å². The fourth-order valence-electron chi connectivity index (χ4n) is 12.1. The van der Waals surface area contributed by atoms with Gasteiger partial charge in [-0.05, 0) is 139 Å². The summed E-state index contributed by atoms with van der Waals surface area (Å²) in [7, 11) is 126. The lowest BCUT2D eigenvalue weighted by atomic mass is 9.57. The van der Waals surface area contributed by atoms with Crippen molar-refractivity contribution >= 4 is 326 Å². The minimum absolute atomic E-state index is 0.0558. The van der Waals surface area contributed by atoms with Crippen LogP contribution in [0.3, 0.4) is 0 Å². The van der Waals surface area contributed by atoms with E-state index in [4.69, 9.17) is 146 Å². The van der Waals surface area contributed by atoms with Gasteiger partial charge in [-0.1, -0.05) is 142 Å². The van der Waals surface area contributed by atoms with Crippen LogP contribution < -0.4 is 98.3 Å². The summed E-state index contributed by atoms with van der Waals surface area (Å²) in [6.07, 6.45) is 0. The summed E-state index contributed by atoms with van der Waals surface area (Å²) >= 11 is 0. The van der Waals surface area contributed by atoms with Crippen LogP contribution in [-0.4, -0.2) is 141 Å². The van der Waals surface area contributed by atoms with Crippen molar-refractivity contribution in [1.82, 2.24) is 0 Å². The number of fused-ring (bicyclic) bond motifs is 3. The smallest absolute Gasteiger partial charge is 0.135 e. The van der Waals surface area contributed by atoms with Crippen molar-refractivity contribution in [2.75, 3.05) is 0 Å². The van der Waals surface area contributed by atoms with Crippen LogP contribution in [0.2, 0.25) is 0 Å². The number of para-hydroxylation sites is 1. The van der Waals surface area contributed by atoms with Crippen molar-refractivity contribution in [3.05, 3.63) is 84.9 Å². The highest BCUT2D eigenvalue weighted by Gasteiger charge is 2.30. The van der Waals surface area contributed by atoms with Crippen molar-refractivity contribution in [3.63, 3.8) is 0 Å². The van der Waals surface area contributed by atoms with Gasteiger partial charge in [0.1, 0.15) is 152 Å². The summed E-state index contributed by atoms with van der Waals surface area (Å²) < 4.78 is 6.34. The maximum Gasteiger partial charge on any atom is 0.135 e. The Bertz CT molecular complexity index is 4750. The Morgan fingerprint density at radius 3 is 1.07 bits per heavy atom. The molecule has 13 rings (SSSR count). The Morgan fingerprint density at radius 1 is 0.213 bits per heavy atom. The Hall–Kier alpha value is -6.31. The molecular weight excluding hydrogens is 883 g/mol. The fraction of sp³-hybridized carbons (Fsp3) is 0. The fourth-order valence-corrected chi connectivity index (χ4v) is 12.1. The van der Waals surface area contributed by atoms with Crippen LogP contribution in [0.5, 0.6) is 0 Å². The van der Waals surface area contributed by atoms with Gasteiger partial charge in [-0.3, -0.25) is 0 Å². The lowest BCUT2D eigenvalue weighted by Crippen LogP contribution is -2.48. The third kappa shape index (κ3) is 6.16. The molecule has 0 fully saturated rings. The molecule has 0 aliphatic rings. The van der Waals surface area contributed by atoms with Crippen molar-refractivity contribution < 1.29 is 4.42 Å². The second-order valence-electron chi connectivity index (χ2n) is 19.3. The lowest BCUT2D eigenvalue weighted by molar-refractivity contribution is 0.669. The van der Waals surface area contributed by atoms with E-state index in [1.165, 1.54) is 0 Å². The Kier molecular flexibility index (Phi) is 10.7. The van der Waals surface area contributed by atoms with Crippen molar-refractivity contribution in [2.45, 2.75) is 0 Å². The quantitative estimate of drug-likeness (QED) is 0.127. The molecule has 0 saturated carbocycles. The van der Waals surface area contributed by atoms with Gasteiger partial charge in [0.15, 0.2) is 0 Å². The highest BCUT2D eigenvalue weighted by atomic mass is 16.3. The zero-order valence-electron chi connectivity index (χ0n) is 39.9. The Morgan fingerprint density at radius 2 is 0.573 bits per heavy atom. The summed E-state index contributed by atoms with van der Waals surface area (Å²) in [4.78, 5) is 0. The number of furan rings is 1. The molecule has 0 N–H and O–H groups in total. The van der Waals surface area contributed by atoms with E-state index < -0.39 is 0 Å². The molecule has 12 aromatic carbocycles. The number of hydrogen-bond acceptors (Lipinski definition) is 1. The molecule has 0 atom stereocenters. The van der Waals surface area contributed by atoms with E-state index in [0.29, 0.717) is 109 Å². The SMILES string of the molecule is [B]c1c([B])c2c([B])c([B])c3c([B])c([B])c(-c4cc(-c5ccc6oc7ccccc7c6c5)c(-c5ccccc5)c(-c5c([B])c([B])c6c([B])c([B])c7c([B])c([B])c([B])c8c([B])c([B])c5c6c78)c4)c4c([B])c([B])c(c1[B])c2c34. The van der Waals surface area contributed by atoms with Gasteiger partial charge < -0.3 is 4.42 Å². The first-order chi connectivity index (χ1) is 35.8. The lowest BCUT2D eigenvalue weighted by Gasteiger charge is -2.31. The van der Waals surface area contributed by atoms with Crippen LogP contribution in [0.15, 0.2) is 89.3 Å². The molecule has 1 heterocycles. The molecule has 1 nitrogen and oxygen atoms in total. The Labute approximate surface area is 457 Å². The molecular formula is C56H14B18O. The number of hydrogen-bond donors (Lipinski definition) is 0. The third-order valence-corrected chi connectivity index (χ3v) is 15.7. The predicted molar refractivity (Wildman–Crippen MR) is 340 cm³/mol. The normalized spacial score (nSPS) is 12.2. The molecule has 0 unspecified atom stereocenters. The molecule has 0 amide bonds. The third-order valence-electron chi connectivity index (χ3n) is 15.7. The van der Waals surface area contributed by atoms with Crippen LogP contribution >= 0.6 is 0 Å². The summed E-state index contributed by atoms with van der Waals surface area (Å²) in [5.41, 5.74) is 7.64. The highest BCUT2D eigenvalue weighted by Crippen LogP contribution is 2.47. The van der Waals surface area contributed by atoms with E-state index in [2.05, 4.69) is 6.07 Å². The summed E-state index contributed by atoms with van der Waals surface area (Å²) in [6, 6.07) is 27.4. The molecule has 298 valence electrons. The predicted octanol–water partition coefficient (Wildman–Crippen LogP) is -5.66. The summed E-state index contributed by atoms with van der Waals surface area (Å²) in [5, 5.41) is 6.19. The van der Waals surface area contributed by atoms with Gasteiger partial charge in [-0.2, -0.15) is 0 Å². The molecule has 0 bridgehead atoms. The first-order valence-electron chi connectivity index (χ1n) is 23.5. The zero-order valence-corrected chi connectivity index (χ0v) is 39.9. The van der Waals surface area contributed by atoms with Gasteiger partial charge in [-0.15, -0.1) is 10.9 Å². The van der Waals surface area contributed by atoms with Crippen LogP contribution in [0.1, 0.15) is 0 Å². The first kappa shape index (κ1) is 48.3. The van der Waals surface area contributed by atoms with Gasteiger partial charge in [0.25, 0.3) is 0 Å². The monoisotopic (exact) mass is 900 g/mol. The van der Waals surface area contributed by atoms with E-state index >= 15 is 0 Å². The molecule has 1 aromatic heterocycles. The molecule has 0 aliphatic carbocycles. The van der Waals surface area contributed by atoms with Crippen molar-refractivity contribution in [2.24, 2.45) is 0 Å². The maximum atomic E-state index is 7.48. The molecule has 36 radical (unpaired) electrons. The summed E-state index contributed by atoms with van der Waals surface area (Å²) in [6.45, 7) is 0. The molecule has 0 spiro atoms. The van der Waals surface area contributed by atoms with Gasteiger partial charge in [-0.25, -0.2) is 0 Å². The average Bonchev–Trinajstić information content (AvgIpc) is 3.88. The molecule has 19 heteroatoms. The second kappa shape index (κ2) is 16.6. The average molecular weight is 897 g/mol. The minimum atomic E-state index is 0.0558. The van der Waals surface area contributed by atoms with Crippen LogP contribution in [0.25, 0.3) is 131 Å². The number of benzene rings is 12. The molecule has 13 aromatic rings. The maximum absolute atomic E-state index is 7.48. The van der Waals surface area contributed by atoms with E-state index in [1.54, 1.807) is 0 Å². The standard InChI is InChI=1S/C56H14B18O/c57-39-25(31-27-29-35(45(63)41(31)59)51(69)55(73)53(71)37(29)49(67)47(65)33(27)43(39)61)17-13-19(16-10-11-23-20(12-16)18-8-4-5-9-22(18)75-23)24(15-6-2-1-3-7-15)21(14-17)26-32-28-30-36(46(64)42(32)60)52(70)56(74)54(72)38(30)50(68)48(66)34(28)44(62)40(26)58/h1-14H. The van der Waals surface area contributed by atoms with E-state index in [-0.39, 0.29) is 98.3 Å². The molecule has 0 aliphatic heterocycles. The molecule has 0 saturated heterocycles. The Balaban J connectivity index is 1.30. The first-order valence-corrected chi connectivity index (χ1v) is 23.5. The van der Waals surface area contributed by atoms with Crippen molar-refractivity contribution in [1.29, 1.82) is 0 Å². The van der Waals surface area contributed by atoms with E-state index in [0.717, 1.165) is 21.9 Å². The zero-order chi connectivity index (χ0) is 52.9. The largest absolute Gasteiger partial charge is 0.456 e. The van der Waals surface area contributed by atoms with Crippen LogP contribution in [0.4, 0.5) is 0 Å². The second-order valence-corrected chi connectivity index (χ2v) is 19.3. The van der Waals surface area contributed by atoms with Crippen LogP contribution in [-0.2, 0) is 0 Å². The van der Waals surface area contributed by atoms with E-state index in [1.807, 2.05) is 78.9 Å². The van der Waals surface area contributed by atoms with Gasteiger partial charge in [0, 0.05) is 10.8 Å². The highest BCUT2D eigenvalue weighted by molar-refractivity contribution is 6.77. The van der Waals surface area contributed by atoms with Crippen molar-refractivity contribution in [3.8, 4) is 44.5 Å².